The number of hydroxylamine groups is 1. The quantitative estimate of drug-likeness (QED) is 0.323. The third-order valence-corrected chi connectivity index (χ3v) is 0.481. The van der Waals surface area contributed by atoms with Crippen molar-refractivity contribution in [3.63, 3.8) is 0 Å². The van der Waals surface area contributed by atoms with Crippen LogP contribution in [0.5, 0.6) is 0 Å². The Labute approximate surface area is 45.9 Å². The molecule has 0 saturated carbocycles. The lowest BCUT2D eigenvalue weighted by Crippen LogP contribution is -2.25. The highest BCUT2D eigenvalue weighted by molar-refractivity contribution is 4.65. The van der Waals surface area contributed by atoms with E-state index in [0.29, 0.717) is 0 Å². The summed E-state index contributed by atoms with van der Waals surface area (Å²) in [6.45, 7) is 3.02. The maximum atomic E-state index is 9.52. The average Bonchev–Trinajstić information content (AvgIpc) is 1.67. The van der Waals surface area contributed by atoms with E-state index in [1.807, 2.05) is 0 Å². The van der Waals surface area contributed by atoms with E-state index >= 15 is 0 Å². The van der Waals surface area contributed by atoms with E-state index in [9.17, 15) is 10.1 Å². The summed E-state index contributed by atoms with van der Waals surface area (Å²) in [6.07, 6.45) is 1.23. The van der Waals surface area contributed by atoms with Gasteiger partial charge in [-0.1, -0.05) is 6.08 Å². The minimum atomic E-state index is -0.929. The highest BCUT2D eigenvalue weighted by Gasteiger charge is 2.03. The van der Waals surface area contributed by atoms with Gasteiger partial charge in [0.15, 0.2) is 5.03 Å². The molecule has 0 heterocycles. The van der Waals surface area contributed by atoms with E-state index < -0.39 is 5.03 Å². The zero-order chi connectivity index (χ0) is 6.57. The second kappa shape index (κ2) is 2.98. The first-order chi connectivity index (χ1) is 3.68. The van der Waals surface area contributed by atoms with Gasteiger partial charge in [-0.2, -0.15) is 0 Å². The zero-order valence-electron chi connectivity index (χ0n) is 4.15. The van der Waals surface area contributed by atoms with Crippen LogP contribution in [0.3, 0.4) is 0 Å². The predicted molar refractivity (Wildman–Crippen MR) is 25.7 cm³/mol. The molecule has 0 amide bonds. The van der Waals surface area contributed by atoms with Crippen molar-refractivity contribution in [2.24, 2.45) is 0 Å². The Morgan fingerprint density at radius 3 is 2.62 bits per heavy atom. The van der Waals surface area contributed by atoms with Crippen LogP contribution in [-0.4, -0.2) is 22.0 Å². The van der Waals surface area contributed by atoms with Crippen LogP contribution in [0.4, 0.5) is 0 Å². The van der Waals surface area contributed by atoms with Crippen molar-refractivity contribution >= 4 is 0 Å². The minimum Gasteiger partial charge on any atom is -0.236 e. The van der Waals surface area contributed by atoms with Gasteiger partial charge in [0, 0.05) is 5.17 Å². The fourth-order valence-corrected chi connectivity index (χ4v) is 0.182. The SMILES string of the molecule is C=CCN(O)[N+](=O)[O-]. The lowest BCUT2D eigenvalue weighted by atomic mass is 10.7. The molecule has 0 unspecified atom stereocenters. The van der Waals surface area contributed by atoms with Crippen molar-refractivity contribution < 1.29 is 10.2 Å². The number of nitrogens with zero attached hydrogens (tertiary/aromatic N) is 2. The second-order valence-corrected chi connectivity index (χ2v) is 1.08. The first-order valence-corrected chi connectivity index (χ1v) is 1.90. The number of hydrogen-bond acceptors (Lipinski definition) is 3. The van der Waals surface area contributed by atoms with E-state index in [1.54, 1.807) is 0 Å². The molecule has 0 aromatic carbocycles. The lowest BCUT2D eigenvalue weighted by molar-refractivity contribution is -0.726. The predicted octanol–water partition coefficient (Wildman–Crippen LogP) is 0.0553. The largest absolute Gasteiger partial charge is 0.236 e. The van der Waals surface area contributed by atoms with Crippen molar-refractivity contribution in [2.45, 2.75) is 0 Å². The molecule has 0 aliphatic heterocycles. The van der Waals surface area contributed by atoms with Crippen LogP contribution in [0.25, 0.3) is 0 Å². The Morgan fingerprint density at radius 1 is 2.00 bits per heavy atom. The summed E-state index contributed by atoms with van der Waals surface area (Å²) in [5, 5.41) is 16.7. The second-order valence-electron chi connectivity index (χ2n) is 1.08. The van der Waals surface area contributed by atoms with Crippen LogP contribution >= 0.6 is 0 Å². The summed E-state index contributed by atoms with van der Waals surface area (Å²) < 4.78 is 0. The highest BCUT2D eigenvalue weighted by atomic mass is 16.8. The molecule has 1 N–H and O–H groups in total. The van der Waals surface area contributed by atoms with Crippen LogP contribution in [0, 0.1) is 10.1 Å². The summed E-state index contributed by atoms with van der Waals surface area (Å²) in [6, 6.07) is 0. The molecule has 5 nitrogen and oxygen atoms in total. The fraction of sp³-hybridized carbons (Fsp3) is 0.333. The van der Waals surface area contributed by atoms with Crippen molar-refractivity contribution in [1.29, 1.82) is 0 Å². The molecule has 5 heteroatoms. The van der Waals surface area contributed by atoms with Gasteiger partial charge in [-0.05, 0) is 0 Å². The molecular weight excluding hydrogens is 112 g/mol. The number of nitro groups is 1. The van der Waals surface area contributed by atoms with Gasteiger partial charge >= 0.3 is 0 Å². The van der Waals surface area contributed by atoms with Crippen LogP contribution in [0.2, 0.25) is 0 Å². The lowest BCUT2D eigenvalue weighted by Gasteiger charge is -1.98. The molecule has 0 aliphatic carbocycles. The van der Waals surface area contributed by atoms with Crippen molar-refractivity contribution in [3.8, 4) is 0 Å². The fourth-order valence-electron chi connectivity index (χ4n) is 0.182. The molecule has 0 spiro atoms. The van der Waals surface area contributed by atoms with Crippen LogP contribution in [0.15, 0.2) is 12.7 Å². The van der Waals surface area contributed by atoms with Crippen molar-refractivity contribution in [1.82, 2.24) is 5.17 Å². The van der Waals surface area contributed by atoms with Gasteiger partial charge in [-0.15, -0.1) is 6.58 Å². The molecule has 0 atom stereocenters. The maximum Gasteiger partial charge on any atom is 0.187 e. The van der Waals surface area contributed by atoms with Gasteiger partial charge in [0.1, 0.15) is 6.54 Å². The maximum absolute atomic E-state index is 9.52. The Balaban J connectivity index is 3.46. The van der Waals surface area contributed by atoms with E-state index in [0.717, 1.165) is 0 Å². The van der Waals surface area contributed by atoms with Crippen molar-refractivity contribution in [2.75, 3.05) is 6.54 Å². The van der Waals surface area contributed by atoms with Crippen LogP contribution in [-0.2, 0) is 0 Å². The van der Waals surface area contributed by atoms with Crippen molar-refractivity contribution in [3.05, 3.63) is 22.8 Å². The third kappa shape index (κ3) is 2.14. The molecule has 0 saturated heterocycles. The number of hydrogen-bond donors (Lipinski definition) is 1. The molecule has 8 heavy (non-hydrogen) atoms. The number of hydrazine groups is 1. The molecule has 0 aromatic heterocycles. The van der Waals surface area contributed by atoms with Gasteiger partial charge in [-0.25, -0.2) is 15.3 Å². The smallest absolute Gasteiger partial charge is 0.187 e. The molecule has 0 aliphatic rings. The molecule has 0 rings (SSSR count). The standard InChI is InChI=1S/C3H6N2O3/c1-2-3-4(6)5(7)8/h2,6H,1,3H2. The Morgan fingerprint density at radius 2 is 2.50 bits per heavy atom. The van der Waals surface area contributed by atoms with Gasteiger partial charge in [-0.3, -0.25) is 0 Å². The van der Waals surface area contributed by atoms with E-state index in [4.69, 9.17) is 5.21 Å². The molecule has 0 fully saturated rings. The summed E-state index contributed by atoms with van der Waals surface area (Å²) in [5.41, 5.74) is 0. The van der Waals surface area contributed by atoms with Gasteiger partial charge in [0.25, 0.3) is 0 Å². The average molecular weight is 118 g/mol. The summed E-state index contributed by atoms with van der Waals surface area (Å²) in [7, 11) is 0. The zero-order valence-corrected chi connectivity index (χ0v) is 4.15. The highest BCUT2D eigenvalue weighted by Crippen LogP contribution is 1.78. The summed E-state index contributed by atoms with van der Waals surface area (Å²) in [4.78, 5) is 9.52. The molecule has 46 valence electrons. The van der Waals surface area contributed by atoms with Crippen LogP contribution in [0.1, 0.15) is 0 Å². The number of rotatable bonds is 3. The molecule has 0 bridgehead atoms. The molecular formula is C3H6N2O3. The minimum absolute atomic E-state index is 0.0486. The molecule has 0 aromatic rings. The van der Waals surface area contributed by atoms with E-state index in [-0.39, 0.29) is 11.7 Å². The van der Waals surface area contributed by atoms with Gasteiger partial charge in [0.05, 0.1) is 0 Å². The summed E-state index contributed by atoms with van der Waals surface area (Å²) >= 11 is 0. The Bertz CT molecular complexity index is 103. The first-order valence-electron chi connectivity index (χ1n) is 1.90. The van der Waals surface area contributed by atoms with Crippen LogP contribution < -0.4 is 0 Å². The summed E-state index contributed by atoms with van der Waals surface area (Å²) in [5.74, 6) is 0. The first kappa shape index (κ1) is 6.90. The Hall–Kier alpha value is -1.10. The van der Waals surface area contributed by atoms with Gasteiger partial charge in [0.2, 0.25) is 0 Å². The normalized spacial score (nSPS) is 8.12. The molecule has 0 radical (unpaired) electrons. The van der Waals surface area contributed by atoms with E-state index in [2.05, 4.69) is 6.58 Å². The Kier molecular flexibility index (Phi) is 2.57. The third-order valence-electron chi connectivity index (χ3n) is 0.481. The topological polar surface area (TPSA) is 66.6 Å². The van der Waals surface area contributed by atoms with E-state index in [1.165, 1.54) is 6.08 Å². The monoisotopic (exact) mass is 118 g/mol. The van der Waals surface area contributed by atoms with Gasteiger partial charge < -0.3 is 0 Å².